The molecule has 1 aromatic carbocycles. The Labute approximate surface area is 95.4 Å². The van der Waals surface area contributed by atoms with Crippen molar-refractivity contribution in [1.82, 2.24) is 0 Å². The zero-order valence-corrected chi connectivity index (χ0v) is 9.39. The molecule has 1 saturated heterocycles. The van der Waals surface area contributed by atoms with Gasteiger partial charge in [0.1, 0.15) is 0 Å². The average Bonchev–Trinajstić information content (AvgIpc) is 2.78. The van der Waals surface area contributed by atoms with E-state index in [9.17, 15) is 4.79 Å². The third-order valence-electron chi connectivity index (χ3n) is 2.90. The summed E-state index contributed by atoms with van der Waals surface area (Å²) in [5, 5.41) is 0. The van der Waals surface area contributed by atoms with Gasteiger partial charge in [-0.3, -0.25) is 4.79 Å². The maximum atomic E-state index is 11.1. The molecule has 0 aromatic heterocycles. The first-order valence-electron chi connectivity index (χ1n) is 5.57. The van der Waals surface area contributed by atoms with Crippen LogP contribution in [-0.4, -0.2) is 19.2 Å². The quantitative estimate of drug-likeness (QED) is 0.734. The summed E-state index contributed by atoms with van der Waals surface area (Å²) in [6.45, 7) is 0. The predicted molar refractivity (Wildman–Crippen MR) is 59.9 cm³/mol. The van der Waals surface area contributed by atoms with Crippen LogP contribution < -0.4 is 0 Å². The Morgan fingerprint density at radius 1 is 1.38 bits per heavy atom. The Kier molecular flexibility index (Phi) is 3.57. The molecule has 0 bridgehead atoms. The zero-order chi connectivity index (χ0) is 11.4. The molecule has 0 N–H and O–H groups in total. The van der Waals surface area contributed by atoms with Gasteiger partial charge in [0.05, 0.1) is 25.7 Å². The van der Waals surface area contributed by atoms with E-state index in [2.05, 4.69) is 16.9 Å². The van der Waals surface area contributed by atoms with Crippen molar-refractivity contribution in [3.05, 3.63) is 35.9 Å². The lowest BCUT2D eigenvalue weighted by atomic mass is 10.1. The number of esters is 1. The van der Waals surface area contributed by atoms with Crippen LogP contribution in [0.3, 0.4) is 0 Å². The Morgan fingerprint density at radius 3 is 2.81 bits per heavy atom. The van der Waals surface area contributed by atoms with Crippen LogP contribution in [0.1, 0.15) is 30.9 Å². The summed E-state index contributed by atoms with van der Waals surface area (Å²) < 4.78 is 10.5. The van der Waals surface area contributed by atoms with Gasteiger partial charge in [0, 0.05) is 0 Å². The summed E-state index contributed by atoms with van der Waals surface area (Å²) in [6, 6.07) is 10.1. The van der Waals surface area contributed by atoms with Gasteiger partial charge in [-0.1, -0.05) is 30.3 Å². The van der Waals surface area contributed by atoms with Gasteiger partial charge in [0.2, 0.25) is 0 Å². The molecule has 2 atom stereocenters. The fraction of sp³-hybridized carbons (Fsp3) is 0.462. The summed E-state index contributed by atoms with van der Waals surface area (Å²) >= 11 is 0. The fourth-order valence-electron chi connectivity index (χ4n) is 2.04. The van der Waals surface area contributed by atoms with Crippen LogP contribution in [0.15, 0.2) is 30.3 Å². The molecule has 3 heteroatoms. The van der Waals surface area contributed by atoms with E-state index in [0.29, 0.717) is 6.42 Å². The van der Waals surface area contributed by atoms with E-state index in [-0.39, 0.29) is 18.2 Å². The normalized spacial score (nSPS) is 24.3. The Balaban J connectivity index is 1.91. The van der Waals surface area contributed by atoms with Gasteiger partial charge in [-0.15, -0.1) is 0 Å². The highest BCUT2D eigenvalue weighted by Crippen LogP contribution is 2.33. The maximum absolute atomic E-state index is 11.1. The summed E-state index contributed by atoms with van der Waals surface area (Å²) in [7, 11) is 1.41. The molecule has 1 aliphatic heterocycles. The van der Waals surface area contributed by atoms with Crippen molar-refractivity contribution >= 4 is 5.97 Å². The maximum Gasteiger partial charge on any atom is 0.308 e. The lowest BCUT2D eigenvalue weighted by Crippen LogP contribution is -2.14. The van der Waals surface area contributed by atoms with Gasteiger partial charge in [-0.05, 0) is 18.4 Å². The lowest BCUT2D eigenvalue weighted by Gasteiger charge is -2.12. The Morgan fingerprint density at radius 2 is 2.12 bits per heavy atom. The van der Waals surface area contributed by atoms with Gasteiger partial charge in [-0.25, -0.2) is 0 Å². The molecule has 0 amide bonds. The standard InChI is InChI=1S/C13H16O3/c1-15-13(14)9-11-7-8-12(16-11)10-5-3-2-4-6-10/h2-6,11-12H,7-9H2,1H3/t11-,12+/m1/s1. The number of carbonyl (C=O) groups is 1. The van der Waals surface area contributed by atoms with E-state index < -0.39 is 0 Å². The second-order valence-corrected chi connectivity index (χ2v) is 4.02. The van der Waals surface area contributed by atoms with Crippen molar-refractivity contribution < 1.29 is 14.3 Å². The summed E-state index contributed by atoms with van der Waals surface area (Å²) in [6.07, 6.45) is 2.41. The summed E-state index contributed by atoms with van der Waals surface area (Å²) in [5.41, 5.74) is 1.19. The van der Waals surface area contributed by atoms with Crippen LogP contribution in [0.2, 0.25) is 0 Å². The van der Waals surface area contributed by atoms with Gasteiger partial charge in [0.25, 0.3) is 0 Å². The second kappa shape index (κ2) is 5.12. The minimum absolute atomic E-state index is 0.0117. The van der Waals surface area contributed by atoms with Gasteiger partial charge in [-0.2, -0.15) is 0 Å². The molecule has 0 radical (unpaired) electrons. The predicted octanol–water partition coefficient (Wildman–Crippen LogP) is 2.47. The monoisotopic (exact) mass is 220 g/mol. The first-order chi connectivity index (χ1) is 7.79. The van der Waals surface area contributed by atoms with E-state index in [1.54, 1.807) is 0 Å². The van der Waals surface area contributed by atoms with Crippen LogP contribution in [0, 0.1) is 0 Å². The molecule has 2 rings (SSSR count). The van der Waals surface area contributed by atoms with Crippen molar-refractivity contribution in [3.63, 3.8) is 0 Å². The third-order valence-corrected chi connectivity index (χ3v) is 2.90. The van der Waals surface area contributed by atoms with Gasteiger partial charge >= 0.3 is 5.97 Å². The van der Waals surface area contributed by atoms with Crippen LogP contribution in [-0.2, 0) is 14.3 Å². The number of hydrogen-bond acceptors (Lipinski definition) is 3. The number of ether oxygens (including phenoxy) is 2. The number of carbonyl (C=O) groups excluding carboxylic acids is 1. The number of benzene rings is 1. The number of hydrogen-bond donors (Lipinski definition) is 0. The highest BCUT2D eigenvalue weighted by molar-refractivity contribution is 5.69. The van der Waals surface area contributed by atoms with Gasteiger partial charge in [0.15, 0.2) is 0 Å². The second-order valence-electron chi connectivity index (χ2n) is 4.02. The molecule has 16 heavy (non-hydrogen) atoms. The lowest BCUT2D eigenvalue weighted by molar-refractivity contribution is -0.143. The summed E-state index contributed by atoms with van der Waals surface area (Å²) in [4.78, 5) is 11.1. The minimum atomic E-state index is -0.196. The fourth-order valence-corrected chi connectivity index (χ4v) is 2.04. The Bertz CT molecular complexity index is 347. The topological polar surface area (TPSA) is 35.5 Å². The molecular weight excluding hydrogens is 204 g/mol. The van der Waals surface area contributed by atoms with Crippen LogP contribution in [0.5, 0.6) is 0 Å². The largest absolute Gasteiger partial charge is 0.469 e. The molecule has 0 aliphatic carbocycles. The third kappa shape index (κ3) is 2.61. The van der Waals surface area contributed by atoms with Crippen LogP contribution >= 0.6 is 0 Å². The highest BCUT2D eigenvalue weighted by Gasteiger charge is 2.28. The van der Waals surface area contributed by atoms with E-state index in [1.165, 1.54) is 12.7 Å². The van der Waals surface area contributed by atoms with E-state index in [0.717, 1.165) is 12.8 Å². The average molecular weight is 220 g/mol. The van der Waals surface area contributed by atoms with Crippen LogP contribution in [0.4, 0.5) is 0 Å². The first-order valence-corrected chi connectivity index (χ1v) is 5.57. The molecule has 0 saturated carbocycles. The van der Waals surface area contributed by atoms with E-state index in [1.807, 2.05) is 18.2 Å². The molecule has 1 aliphatic rings. The van der Waals surface area contributed by atoms with Crippen molar-refractivity contribution in [1.29, 1.82) is 0 Å². The van der Waals surface area contributed by atoms with E-state index in [4.69, 9.17) is 4.74 Å². The highest BCUT2D eigenvalue weighted by atomic mass is 16.5. The molecule has 0 spiro atoms. The van der Waals surface area contributed by atoms with Crippen molar-refractivity contribution in [2.45, 2.75) is 31.5 Å². The smallest absolute Gasteiger partial charge is 0.308 e. The van der Waals surface area contributed by atoms with Crippen molar-refractivity contribution in [3.8, 4) is 0 Å². The van der Waals surface area contributed by atoms with Gasteiger partial charge < -0.3 is 9.47 Å². The molecule has 3 nitrogen and oxygen atoms in total. The minimum Gasteiger partial charge on any atom is -0.469 e. The molecule has 1 fully saturated rings. The Hall–Kier alpha value is -1.35. The molecule has 86 valence electrons. The van der Waals surface area contributed by atoms with E-state index >= 15 is 0 Å². The number of rotatable bonds is 3. The zero-order valence-electron chi connectivity index (χ0n) is 9.39. The molecule has 1 heterocycles. The molecule has 1 aromatic rings. The van der Waals surface area contributed by atoms with Crippen molar-refractivity contribution in [2.75, 3.05) is 7.11 Å². The number of methoxy groups -OCH3 is 1. The summed E-state index contributed by atoms with van der Waals surface area (Å²) in [5.74, 6) is -0.196. The van der Waals surface area contributed by atoms with Crippen LogP contribution in [0.25, 0.3) is 0 Å². The molecular formula is C13H16O3. The SMILES string of the molecule is COC(=O)C[C@H]1CC[C@@H](c2ccccc2)O1. The van der Waals surface area contributed by atoms with Crippen molar-refractivity contribution in [2.24, 2.45) is 0 Å². The first kappa shape index (κ1) is 11.1. The molecule has 0 unspecified atom stereocenters.